The number of hydrogen-bond acceptors (Lipinski definition) is 2. The largest absolute Gasteiger partial charge is 0.251 e. The van der Waals surface area contributed by atoms with Crippen LogP contribution in [0.4, 0.5) is 0 Å². The van der Waals surface area contributed by atoms with Crippen LogP contribution in [0.25, 0.3) is 11.0 Å². The van der Waals surface area contributed by atoms with Gasteiger partial charge in [-0.05, 0) is 40.8 Å². The molecular weight excluding hydrogens is 286 g/mol. The molecule has 0 unspecified atom stereocenters. The Morgan fingerprint density at radius 2 is 2.08 bits per heavy atom. The average Bonchev–Trinajstić information content (AvgIpc) is 2.05. The van der Waals surface area contributed by atoms with Crippen molar-refractivity contribution in [1.82, 2.24) is 9.97 Å². The minimum absolute atomic E-state index is 0.434. The van der Waals surface area contributed by atoms with E-state index in [9.17, 15) is 0 Å². The molecule has 0 aliphatic carbocycles. The highest BCUT2D eigenvalue weighted by atomic mass is 127. The zero-order valence-electron chi connectivity index (χ0n) is 5.96. The minimum Gasteiger partial charge on any atom is -0.251 e. The fourth-order valence-corrected chi connectivity index (χ4v) is 1.58. The van der Waals surface area contributed by atoms with Crippen molar-refractivity contribution in [3.63, 3.8) is 0 Å². The molecule has 0 bridgehead atoms. The molecule has 4 heteroatoms. The fourth-order valence-electron chi connectivity index (χ4n) is 0.961. The predicted molar refractivity (Wildman–Crippen MR) is 57.3 cm³/mol. The van der Waals surface area contributed by atoms with E-state index >= 15 is 0 Å². The Morgan fingerprint density at radius 1 is 1.25 bits per heavy atom. The van der Waals surface area contributed by atoms with Crippen LogP contribution in [0.5, 0.6) is 0 Å². The highest BCUT2D eigenvalue weighted by Gasteiger charge is 1.97. The van der Waals surface area contributed by atoms with Crippen molar-refractivity contribution in [1.29, 1.82) is 0 Å². The van der Waals surface area contributed by atoms with Crippen LogP contribution >= 0.6 is 34.2 Å². The molecule has 1 heterocycles. The Bertz CT molecular complexity index is 389. The SMILES string of the molecule is Clc1cnc2cc(I)ccc2n1. The molecule has 2 aromatic rings. The molecular formula is C8H4ClIN2. The van der Waals surface area contributed by atoms with E-state index in [1.54, 1.807) is 6.20 Å². The number of benzene rings is 1. The Morgan fingerprint density at radius 3 is 2.92 bits per heavy atom. The smallest absolute Gasteiger partial charge is 0.148 e. The zero-order valence-corrected chi connectivity index (χ0v) is 8.87. The average molecular weight is 290 g/mol. The quantitative estimate of drug-likeness (QED) is 0.697. The molecule has 0 amide bonds. The number of nitrogens with zero attached hydrogens (tertiary/aromatic N) is 2. The van der Waals surface area contributed by atoms with Crippen LogP contribution in [0.15, 0.2) is 24.4 Å². The van der Waals surface area contributed by atoms with Gasteiger partial charge in [0.05, 0.1) is 17.2 Å². The summed E-state index contributed by atoms with van der Waals surface area (Å²) in [5.41, 5.74) is 1.72. The van der Waals surface area contributed by atoms with Gasteiger partial charge >= 0.3 is 0 Å². The maximum Gasteiger partial charge on any atom is 0.148 e. The van der Waals surface area contributed by atoms with Crippen molar-refractivity contribution in [2.45, 2.75) is 0 Å². The van der Waals surface area contributed by atoms with Crippen LogP contribution in [0.2, 0.25) is 5.15 Å². The molecule has 0 saturated heterocycles. The van der Waals surface area contributed by atoms with Gasteiger partial charge < -0.3 is 0 Å². The first-order valence-electron chi connectivity index (χ1n) is 3.33. The summed E-state index contributed by atoms with van der Waals surface area (Å²) in [7, 11) is 0. The van der Waals surface area contributed by atoms with Crippen LogP contribution in [-0.4, -0.2) is 9.97 Å². The number of halogens is 2. The van der Waals surface area contributed by atoms with Gasteiger partial charge in [-0.25, -0.2) is 4.98 Å². The first kappa shape index (κ1) is 8.19. The first-order valence-corrected chi connectivity index (χ1v) is 4.79. The van der Waals surface area contributed by atoms with E-state index in [0.717, 1.165) is 14.6 Å². The summed E-state index contributed by atoms with van der Waals surface area (Å²) in [6.45, 7) is 0. The van der Waals surface area contributed by atoms with Crippen LogP contribution in [-0.2, 0) is 0 Å². The van der Waals surface area contributed by atoms with E-state index in [1.165, 1.54) is 0 Å². The predicted octanol–water partition coefficient (Wildman–Crippen LogP) is 2.89. The molecule has 0 atom stereocenters. The highest BCUT2D eigenvalue weighted by Crippen LogP contribution is 2.15. The lowest BCUT2D eigenvalue weighted by Gasteiger charge is -1.96. The monoisotopic (exact) mass is 290 g/mol. The Balaban J connectivity index is 2.79. The molecule has 0 radical (unpaired) electrons. The van der Waals surface area contributed by atoms with Crippen molar-refractivity contribution in [3.8, 4) is 0 Å². The third-order valence-corrected chi connectivity index (χ3v) is 2.33. The van der Waals surface area contributed by atoms with E-state index < -0.39 is 0 Å². The van der Waals surface area contributed by atoms with E-state index in [4.69, 9.17) is 11.6 Å². The summed E-state index contributed by atoms with van der Waals surface area (Å²) < 4.78 is 1.15. The second-order valence-corrected chi connectivity index (χ2v) is 3.96. The Labute approximate surface area is 88.1 Å². The van der Waals surface area contributed by atoms with Crippen LogP contribution in [0.1, 0.15) is 0 Å². The van der Waals surface area contributed by atoms with E-state index in [-0.39, 0.29) is 0 Å². The third kappa shape index (κ3) is 1.51. The standard InChI is InChI=1S/C8H4ClIN2/c9-8-4-11-7-3-5(10)1-2-6(7)12-8/h1-4H. The molecule has 0 saturated carbocycles. The van der Waals surface area contributed by atoms with Gasteiger partial charge in [-0.15, -0.1) is 0 Å². The highest BCUT2D eigenvalue weighted by molar-refractivity contribution is 14.1. The van der Waals surface area contributed by atoms with Crippen molar-refractivity contribution in [2.75, 3.05) is 0 Å². The fraction of sp³-hybridized carbons (Fsp3) is 0. The van der Waals surface area contributed by atoms with Crippen molar-refractivity contribution in [2.24, 2.45) is 0 Å². The molecule has 0 fully saturated rings. The molecule has 1 aromatic heterocycles. The lowest BCUT2D eigenvalue weighted by molar-refractivity contribution is 1.29. The lowest BCUT2D eigenvalue weighted by Crippen LogP contribution is -1.84. The normalized spacial score (nSPS) is 10.5. The summed E-state index contributed by atoms with van der Waals surface area (Å²) in [6.07, 6.45) is 1.56. The van der Waals surface area contributed by atoms with E-state index in [1.807, 2.05) is 18.2 Å². The summed E-state index contributed by atoms with van der Waals surface area (Å²) in [6, 6.07) is 5.86. The van der Waals surface area contributed by atoms with Crippen molar-refractivity contribution in [3.05, 3.63) is 33.1 Å². The maximum atomic E-state index is 5.68. The molecule has 2 nitrogen and oxygen atoms in total. The molecule has 1 aromatic carbocycles. The van der Waals surface area contributed by atoms with Gasteiger partial charge in [0.2, 0.25) is 0 Å². The number of rotatable bonds is 0. The maximum absolute atomic E-state index is 5.68. The van der Waals surface area contributed by atoms with Gasteiger partial charge in [-0.1, -0.05) is 11.6 Å². The van der Waals surface area contributed by atoms with Crippen LogP contribution in [0.3, 0.4) is 0 Å². The molecule has 60 valence electrons. The first-order chi connectivity index (χ1) is 5.75. The third-order valence-electron chi connectivity index (χ3n) is 1.47. The summed E-state index contributed by atoms with van der Waals surface area (Å²) in [4.78, 5) is 8.26. The topological polar surface area (TPSA) is 25.8 Å². The molecule has 0 aliphatic heterocycles. The van der Waals surface area contributed by atoms with E-state index in [0.29, 0.717) is 5.15 Å². The summed E-state index contributed by atoms with van der Waals surface area (Å²) >= 11 is 7.92. The van der Waals surface area contributed by atoms with Gasteiger partial charge in [0.15, 0.2) is 0 Å². The Hall–Kier alpha value is -0.420. The molecule has 2 rings (SSSR count). The van der Waals surface area contributed by atoms with Gasteiger partial charge in [-0.2, -0.15) is 0 Å². The number of fused-ring (bicyclic) bond motifs is 1. The number of aromatic nitrogens is 2. The molecule has 0 aliphatic rings. The van der Waals surface area contributed by atoms with Crippen molar-refractivity contribution >= 4 is 45.2 Å². The minimum atomic E-state index is 0.434. The van der Waals surface area contributed by atoms with Gasteiger partial charge in [-0.3, -0.25) is 4.98 Å². The molecule has 12 heavy (non-hydrogen) atoms. The summed E-state index contributed by atoms with van der Waals surface area (Å²) in [5, 5.41) is 0.434. The summed E-state index contributed by atoms with van der Waals surface area (Å²) in [5.74, 6) is 0. The lowest BCUT2D eigenvalue weighted by atomic mass is 10.3. The zero-order chi connectivity index (χ0) is 8.55. The number of hydrogen-bond donors (Lipinski definition) is 0. The van der Waals surface area contributed by atoms with Gasteiger partial charge in [0.1, 0.15) is 5.15 Å². The van der Waals surface area contributed by atoms with Crippen LogP contribution < -0.4 is 0 Å². The second kappa shape index (κ2) is 3.14. The second-order valence-electron chi connectivity index (χ2n) is 2.33. The van der Waals surface area contributed by atoms with Gasteiger partial charge in [0, 0.05) is 3.57 Å². The molecule has 0 N–H and O–H groups in total. The van der Waals surface area contributed by atoms with Crippen LogP contribution in [0, 0.1) is 3.57 Å². The Kier molecular flexibility index (Phi) is 2.14. The van der Waals surface area contributed by atoms with E-state index in [2.05, 4.69) is 32.6 Å². The molecule has 0 spiro atoms. The van der Waals surface area contributed by atoms with Gasteiger partial charge in [0.25, 0.3) is 0 Å². The van der Waals surface area contributed by atoms with Crippen molar-refractivity contribution < 1.29 is 0 Å².